The average molecular weight is 373 g/mol. The van der Waals surface area contributed by atoms with Gasteiger partial charge in [0.1, 0.15) is 5.75 Å². The number of rotatable bonds is 3. The topological polar surface area (TPSA) is 61.4 Å². The summed E-state index contributed by atoms with van der Waals surface area (Å²) in [5, 5.41) is 16.3. The summed E-state index contributed by atoms with van der Waals surface area (Å²) in [6.07, 6.45) is 0. The zero-order chi connectivity index (χ0) is 17.8. The maximum absolute atomic E-state index is 12.2. The largest absolute Gasteiger partial charge is 0.505 e. The van der Waals surface area contributed by atoms with Gasteiger partial charge in [-0.25, -0.2) is 4.79 Å². The second kappa shape index (κ2) is 7.47. The van der Waals surface area contributed by atoms with Crippen LogP contribution in [0.4, 0.5) is 16.2 Å². The number of nitrogens with one attached hydrogen (secondary N) is 2. The molecule has 0 aliphatic heterocycles. The quantitative estimate of drug-likeness (QED) is 0.493. The van der Waals surface area contributed by atoms with Crippen LogP contribution in [0.25, 0.3) is 11.1 Å². The number of phenolic OH excluding ortho intramolecular Hbond substituents is 1. The van der Waals surface area contributed by atoms with E-state index in [9.17, 15) is 9.90 Å². The van der Waals surface area contributed by atoms with E-state index in [1.54, 1.807) is 36.4 Å². The molecule has 2 amide bonds. The molecular formula is C19H14Cl2N2O2. The molecule has 126 valence electrons. The molecule has 0 aliphatic carbocycles. The Kier molecular flexibility index (Phi) is 5.12. The summed E-state index contributed by atoms with van der Waals surface area (Å²) in [7, 11) is 0. The SMILES string of the molecule is O=C(Nc1cccc(-c2ccccc2)c1O)Nc1cccc(Cl)c1Cl. The van der Waals surface area contributed by atoms with Crippen LogP contribution in [-0.4, -0.2) is 11.1 Å². The normalized spacial score (nSPS) is 10.3. The molecule has 0 saturated heterocycles. The third-order valence-electron chi connectivity index (χ3n) is 3.57. The Hall–Kier alpha value is -2.69. The van der Waals surface area contributed by atoms with Gasteiger partial charge in [0.15, 0.2) is 0 Å². The molecule has 0 radical (unpaired) electrons. The number of benzene rings is 3. The van der Waals surface area contributed by atoms with Gasteiger partial charge in [0.05, 0.1) is 21.4 Å². The molecule has 3 aromatic rings. The summed E-state index contributed by atoms with van der Waals surface area (Å²) in [6.45, 7) is 0. The third-order valence-corrected chi connectivity index (χ3v) is 4.39. The van der Waals surface area contributed by atoms with Gasteiger partial charge in [-0.15, -0.1) is 0 Å². The van der Waals surface area contributed by atoms with Crippen molar-refractivity contribution in [3.8, 4) is 16.9 Å². The van der Waals surface area contributed by atoms with E-state index in [4.69, 9.17) is 23.2 Å². The highest BCUT2D eigenvalue weighted by molar-refractivity contribution is 6.44. The van der Waals surface area contributed by atoms with Gasteiger partial charge in [-0.1, -0.05) is 71.7 Å². The van der Waals surface area contributed by atoms with Crippen LogP contribution in [0.15, 0.2) is 66.7 Å². The molecule has 0 heterocycles. The van der Waals surface area contributed by atoms with E-state index in [2.05, 4.69) is 10.6 Å². The first-order chi connectivity index (χ1) is 12.1. The molecule has 3 rings (SSSR count). The Bertz CT molecular complexity index is 915. The van der Waals surface area contributed by atoms with E-state index in [-0.39, 0.29) is 16.5 Å². The summed E-state index contributed by atoms with van der Waals surface area (Å²) >= 11 is 12.0. The maximum Gasteiger partial charge on any atom is 0.323 e. The molecule has 6 heteroatoms. The number of hydrogen-bond donors (Lipinski definition) is 3. The van der Waals surface area contributed by atoms with Crippen LogP contribution in [0.5, 0.6) is 5.75 Å². The predicted octanol–water partition coefficient (Wildman–Crippen LogP) is 6.01. The number of urea groups is 1. The van der Waals surface area contributed by atoms with Crippen molar-refractivity contribution in [1.82, 2.24) is 0 Å². The predicted molar refractivity (Wildman–Crippen MR) is 103 cm³/mol. The number of amides is 2. The molecule has 25 heavy (non-hydrogen) atoms. The molecule has 0 aliphatic rings. The average Bonchev–Trinajstić information content (AvgIpc) is 2.61. The van der Waals surface area contributed by atoms with Crippen molar-refractivity contribution in [2.24, 2.45) is 0 Å². The minimum absolute atomic E-state index is 0.0129. The Morgan fingerprint density at radius 3 is 2.20 bits per heavy atom. The molecule has 0 spiro atoms. The smallest absolute Gasteiger partial charge is 0.323 e. The highest BCUT2D eigenvalue weighted by Crippen LogP contribution is 2.35. The molecule has 0 saturated carbocycles. The Labute approximate surface area is 155 Å². The molecule has 0 atom stereocenters. The van der Waals surface area contributed by atoms with Crippen molar-refractivity contribution in [3.05, 3.63) is 76.8 Å². The first kappa shape index (κ1) is 17.1. The lowest BCUT2D eigenvalue weighted by atomic mass is 10.0. The monoisotopic (exact) mass is 372 g/mol. The number of para-hydroxylation sites is 1. The van der Waals surface area contributed by atoms with Gasteiger partial charge in [-0.2, -0.15) is 0 Å². The minimum atomic E-state index is -0.537. The van der Waals surface area contributed by atoms with E-state index >= 15 is 0 Å². The summed E-state index contributed by atoms with van der Waals surface area (Å²) < 4.78 is 0. The Morgan fingerprint density at radius 2 is 1.44 bits per heavy atom. The molecule has 3 N–H and O–H groups in total. The number of aromatic hydroxyl groups is 1. The van der Waals surface area contributed by atoms with E-state index in [1.165, 1.54) is 0 Å². The van der Waals surface area contributed by atoms with Crippen molar-refractivity contribution in [1.29, 1.82) is 0 Å². The lowest BCUT2D eigenvalue weighted by Gasteiger charge is -2.13. The molecule has 0 aromatic heterocycles. The minimum Gasteiger partial charge on any atom is -0.505 e. The van der Waals surface area contributed by atoms with Crippen molar-refractivity contribution >= 4 is 40.6 Å². The number of halogens is 2. The first-order valence-corrected chi connectivity index (χ1v) is 8.21. The molecule has 0 bridgehead atoms. The van der Waals surface area contributed by atoms with Crippen LogP contribution in [0.1, 0.15) is 0 Å². The number of carbonyl (C=O) groups excluding carboxylic acids is 1. The van der Waals surface area contributed by atoms with Gasteiger partial charge < -0.3 is 15.7 Å². The Morgan fingerprint density at radius 1 is 0.800 bits per heavy atom. The standard InChI is InChI=1S/C19H14Cl2N2O2/c20-14-9-5-10-15(17(14)21)22-19(25)23-16-11-4-8-13(18(16)24)12-6-2-1-3-7-12/h1-11,24H,(H2,22,23,25). The van der Waals surface area contributed by atoms with E-state index in [0.717, 1.165) is 5.56 Å². The number of anilines is 2. The number of carbonyl (C=O) groups is 1. The first-order valence-electron chi connectivity index (χ1n) is 7.45. The zero-order valence-electron chi connectivity index (χ0n) is 13.0. The second-order valence-electron chi connectivity index (χ2n) is 5.25. The Balaban J connectivity index is 1.81. The van der Waals surface area contributed by atoms with Crippen LogP contribution < -0.4 is 10.6 Å². The fourth-order valence-corrected chi connectivity index (χ4v) is 2.72. The summed E-state index contributed by atoms with van der Waals surface area (Å²) in [6, 6.07) is 19.0. The van der Waals surface area contributed by atoms with Gasteiger partial charge in [0.2, 0.25) is 0 Å². The molecule has 0 unspecified atom stereocenters. The van der Waals surface area contributed by atoms with E-state index in [1.807, 2.05) is 30.3 Å². The van der Waals surface area contributed by atoms with Crippen LogP contribution in [0.3, 0.4) is 0 Å². The summed E-state index contributed by atoms with van der Waals surface area (Å²) in [4.78, 5) is 12.2. The highest BCUT2D eigenvalue weighted by atomic mass is 35.5. The summed E-state index contributed by atoms with van der Waals surface area (Å²) in [5.41, 5.74) is 2.14. The van der Waals surface area contributed by atoms with E-state index in [0.29, 0.717) is 16.3 Å². The number of phenols is 1. The molecule has 3 aromatic carbocycles. The van der Waals surface area contributed by atoms with Crippen LogP contribution in [-0.2, 0) is 0 Å². The van der Waals surface area contributed by atoms with Gasteiger partial charge in [-0.3, -0.25) is 0 Å². The van der Waals surface area contributed by atoms with Gasteiger partial charge in [0, 0.05) is 5.56 Å². The summed E-state index contributed by atoms with van der Waals surface area (Å²) in [5.74, 6) is -0.0129. The van der Waals surface area contributed by atoms with Gasteiger partial charge >= 0.3 is 6.03 Å². The maximum atomic E-state index is 12.2. The van der Waals surface area contributed by atoms with Crippen molar-refractivity contribution in [3.63, 3.8) is 0 Å². The van der Waals surface area contributed by atoms with Crippen LogP contribution in [0, 0.1) is 0 Å². The zero-order valence-corrected chi connectivity index (χ0v) is 14.5. The van der Waals surface area contributed by atoms with Crippen molar-refractivity contribution in [2.45, 2.75) is 0 Å². The third kappa shape index (κ3) is 3.87. The molecule has 4 nitrogen and oxygen atoms in total. The van der Waals surface area contributed by atoms with Crippen molar-refractivity contribution in [2.75, 3.05) is 10.6 Å². The number of hydrogen-bond acceptors (Lipinski definition) is 2. The van der Waals surface area contributed by atoms with Crippen LogP contribution >= 0.6 is 23.2 Å². The lowest BCUT2D eigenvalue weighted by Crippen LogP contribution is -2.19. The lowest BCUT2D eigenvalue weighted by molar-refractivity contribution is 0.262. The van der Waals surface area contributed by atoms with Crippen LogP contribution in [0.2, 0.25) is 10.0 Å². The molecule has 0 fully saturated rings. The molecular weight excluding hydrogens is 359 g/mol. The fraction of sp³-hybridized carbons (Fsp3) is 0. The highest BCUT2D eigenvalue weighted by Gasteiger charge is 2.13. The van der Waals surface area contributed by atoms with Crippen molar-refractivity contribution < 1.29 is 9.90 Å². The fourth-order valence-electron chi connectivity index (χ4n) is 2.37. The van der Waals surface area contributed by atoms with Gasteiger partial charge in [0.25, 0.3) is 0 Å². The second-order valence-corrected chi connectivity index (χ2v) is 6.03. The van der Waals surface area contributed by atoms with Gasteiger partial charge in [-0.05, 0) is 23.8 Å². The van der Waals surface area contributed by atoms with E-state index < -0.39 is 6.03 Å².